The Balaban J connectivity index is 2.28. The second-order valence-electron chi connectivity index (χ2n) is 3.58. The number of non-ortho nitro benzene ring substituents is 1. The van der Waals surface area contributed by atoms with Gasteiger partial charge in [0, 0.05) is 18.2 Å². The molecule has 1 aromatic carbocycles. The summed E-state index contributed by atoms with van der Waals surface area (Å²) in [5.41, 5.74) is -0.200. The molecule has 1 aromatic heterocycles. The molecular weight excluding hydrogens is 308 g/mol. The topological polar surface area (TPSA) is 115 Å². The number of nitro benzene ring substituents is 1. The minimum absolute atomic E-state index is 0.00310. The van der Waals surface area contributed by atoms with E-state index in [-0.39, 0.29) is 21.6 Å². The Morgan fingerprint density at radius 2 is 1.85 bits per heavy atom. The Kier molecular flexibility index (Phi) is 3.81. The largest absolute Gasteiger partial charge is 0.269 e. The molecule has 20 heavy (non-hydrogen) atoms. The van der Waals surface area contributed by atoms with Crippen LogP contribution in [0.15, 0.2) is 41.6 Å². The third-order valence-electron chi connectivity index (χ3n) is 2.23. The monoisotopic (exact) mass is 314 g/mol. The maximum Gasteiger partial charge on any atom is 0.269 e. The molecule has 2 aromatic rings. The van der Waals surface area contributed by atoms with Gasteiger partial charge in [0.15, 0.2) is 0 Å². The molecule has 0 bridgehead atoms. The van der Waals surface area contributed by atoms with Gasteiger partial charge in [-0.2, -0.15) is 0 Å². The molecule has 0 saturated carbocycles. The summed E-state index contributed by atoms with van der Waals surface area (Å²) in [4.78, 5) is 17.1. The van der Waals surface area contributed by atoms with Crippen LogP contribution in [-0.2, 0) is 10.0 Å². The van der Waals surface area contributed by atoms with Gasteiger partial charge >= 0.3 is 0 Å². The van der Waals surface area contributed by atoms with Crippen LogP contribution in [0.3, 0.4) is 0 Å². The molecule has 0 aliphatic rings. The van der Waals surface area contributed by atoms with Crippen molar-refractivity contribution in [2.45, 2.75) is 4.90 Å². The second-order valence-corrected chi connectivity index (χ2v) is 5.65. The van der Waals surface area contributed by atoms with Gasteiger partial charge in [0.25, 0.3) is 15.7 Å². The Morgan fingerprint density at radius 1 is 1.20 bits per heavy atom. The van der Waals surface area contributed by atoms with Gasteiger partial charge in [0.1, 0.15) is 17.3 Å². The van der Waals surface area contributed by atoms with E-state index in [0.717, 1.165) is 30.6 Å². The van der Waals surface area contributed by atoms with Crippen LogP contribution in [0.5, 0.6) is 0 Å². The number of hydrogen-bond donors (Lipinski definition) is 1. The zero-order valence-corrected chi connectivity index (χ0v) is 11.3. The van der Waals surface area contributed by atoms with Crippen LogP contribution in [0.2, 0.25) is 5.15 Å². The zero-order chi connectivity index (χ0) is 14.8. The van der Waals surface area contributed by atoms with Crippen molar-refractivity contribution in [1.82, 2.24) is 9.97 Å². The van der Waals surface area contributed by atoms with Crippen LogP contribution < -0.4 is 4.72 Å². The molecule has 0 fully saturated rings. The van der Waals surface area contributed by atoms with Gasteiger partial charge in [0.05, 0.1) is 9.82 Å². The van der Waals surface area contributed by atoms with Crippen molar-refractivity contribution in [3.8, 4) is 0 Å². The molecule has 104 valence electrons. The van der Waals surface area contributed by atoms with E-state index in [1.165, 1.54) is 6.07 Å². The van der Waals surface area contributed by atoms with Crippen molar-refractivity contribution in [2.75, 3.05) is 4.72 Å². The first-order chi connectivity index (χ1) is 9.38. The summed E-state index contributed by atoms with van der Waals surface area (Å²) in [5, 5.41) is 10.6. The Labute approximate surface area is 118 Å². The van der Waals surface area contributed by atoms with Crippen molar-refractivity contribution in [2.24, 2.45) is 0 Å². The van der Waals surface area contributed by atoms with E-state index < -0.39 is 14.9 Å². The van der Waals surface area contributed by atoms with Crippen LogP contribution in [0, 0.1) is 10.1 Å². The predicted molar refractivity (Wildman–Crippen MR) is 70.9 cm³/mol. The van der Waals surface area contributed by atoms with Gasteiger partial charge in [-0.05, 0) is 12.1 Å². The van der Waals surface area contributed by atoms with Crippen molar-refractivity contribution >= 4 is 33.1 Å². The van der Waals surface area contributed by atoms with Crippen molar-refractivity contribution in [1.29, 1.82) is 0 Å². The molecule has 0 saturated heterocycles. The Bertz CT molecular complexity index is 748. The van der Waals surface area contributed by atoms with Gasteiger partial charge < -0.3 is 0 Å². The van der Waals surface area contributed by atoms with E-state index in [9.17, 15) is 18.5 Å². The fraction of sp³-hybridized carbons (Fsp3) is 0. The molecule has 0 unspecified atom stereocenters. The third kappa shape index (κ3) is 3.19. The summed E-state index contributed by atoms with van der Waals surface area (Å²) in [6.45, 7) is 0. The summed E-state index contributed by atoms with van der Waals surface area (Å²) < 4.78 is 26.2. The predicted octanol–water partition coefficient (Wildman–Crippen LogP) is 1.84. The van der Waals surface area contributed by atoms with Crippen LogP contribution >= 0.6 is 11.6 Å². The lowest BCUT2D eigenvalue weighted by molar-refractivity contribution is -0.384. The minimum Gasteiger partial charge on any atom is -0.263 e. The summed E-state index contributed by atoms with van der Waals surface area (Å²) in [7, 11) is -3.89. The van der Waals surface area contributed by atoms with Crippen molar-refractivity contribution in [3.63, 3.8) is 0 Å². The number of anilines is 1. The molecule has 10 heteroatoms. The van der Waals surface area contributed by atoms with E-state index in [0.29, 0.717) is 0 Å². The number of nitrogens with one attached hydrogen (secondary N) is 1. The average Bonchev–Trinajstić information content (AvgIpc) is 2.38. The lowest BCUT2D eigenvalue weighted by atomic mass is 10.3. The summed E-state index contributed by atoms with van der Waals surface area (Å²) in [6.07, 6.45) is 1.11. The van der Waals surface area contributed by atoms with E-state index in [1.807, 2.05) is 0 Å². The molecule has 0 aliphatic carbocycles. The second kappa shape index (κ2) is 5.39. The number of rotatable bonds is 4. The van der Waals surface area contributed by atoms with Gasteiger partial charge in [-0.3, -0.25) is 14.8 Å². The van der Waals surface area contributed by atoms with Crippen LogP contribution in [0.25, 0.3) is 0 Å². The van der Waals surface area contributed by atoms with Crippen LogP contribution in [0.4, 0.5) is 11.5 Å². The molecule has 1 heterocycles. The molecule has 0 atom stereocenters. The van der Waals surface area contributed by atoms with Crippen LogP contribution in [-0.4, -0.2) is 23.3 Å². The summed E-state index contributed by atoms with van der Waals surface area (Å²) in [6, 6.07) is 5.69. The molecule has 2 rings (SSSR count). The summed E-state index contributed by atoms with van der Waals surface area (Å²) >= 11 is 5.61. The molecule has 0 aliphatic heterocycles. The standard InChI is InChI=1S/C10H7ClN4O4S/c11-9-5-10(13-6-12-9)14-20(18,19)8-3-1-7(2-4-8)15(16)17/h1-6H,(H,12,13,14). The molecule has 1 N–H and O–H groups in total. The van der Waals surface area contributed by atoms with E-state index in [2.05, 4.69) is 14.7 Å². The van der Waals surface area contributed by atoms with Gasteiger partial charge in [-0.15, -0.1) is 0 Å². The highest BCUT2D eigenvalue weighted by Crippen LogP contribution is 2.19. The molecule has 0 radical (unpaired) electrons. The first-order valence-corrected chi connectivity index (χ1v) is 6.99. The van der Waals surface area contributed by atoms with Crippen molar-refractivity contribution in [3.05, 3.63) is 51.9 Å². The van der Waals surface area contributed by atoms with Gasteiger partial charge in [0.2, 0.25) is 0 Å². The number of halogens is 1. The van der Waals surface area contributed by atoms with Gasteiger partial charge in [-0.1, -0.05) is 11.6 Å². The number of aromatic nitrogens is 2. The quantitative estimate of drug-likeness (QED) is 0.523. The van der Waals surface area contributed by atoms with E-state index in [1.54, 1.807) is 0 Å². The fourth-order valence-electron chi connectivity index (χ4n) is 1.33. The number of benzene rings is 1. The maximum atomic E-state index is 12.0. The first-order valence-electron chi connectivity index (χ1n) is 5.13. The SMILES string of the molecule is O=[N+]([O-])c1ccc(S(=O)(=O)Nc2cc(Cl)ncn2)cc1. The Morgan fingerprint density at radius 3 is 2.40 bits per heavy atom. The Hall–Kier alpha value is -2.26. The minimum atomic E-state index is -3.89. The highest BCUT2D eigenvalue weighted by molar-refractivity contribution is 7.92. The summed E-state index contributed by atoms with van der Waals surface area (Å²) in [5.74, 6) is 0.00310. The number of sulfonamides is 1. The molecule has 0 amide bonds. The number of nitrogens with zero attached hydrogens (tertiary/aromatic N) is 3. The smallest absolute Gasteiger partial charge is 0.263 e. The molecule has 0 spiro atoms. The maximum absolute atomic E-state index is 12.0. The zero-order valence-electron chi connectivity index (χ0n) is 9.72. The number of hydrogen-bond acceptors (Lipinski definition) is 6. The van der Waals surface area contributed by atoms with Crippen LogP contribution in [0.1, 0.15) is 0 Å². The highest BCUT2D eigenvalue weighted by Gasteiger charge is 2.16. The number of nitro groups is 1. The molecule has 8 nitrogen and oxygen atoms in total. The van der Waals surface area contributed by atoms with Crippen molar-refractivity contribution < 1.29 is 13.3 Å². The lowest BCUT2D eigenvalue weighted by Crippen LogP contribution is -2.14. The lowest BCUT2D eigenvalue weighted by Gasteiger charge is -2.06. The fourth-order valence-corrected chi connectivity index (χ4v) is 2.48. The van der Waals surface area contributed by atoms with E-state index in [4.69, 9.17) is 11.6 Å². The highest BCUT2D eigenvalue weighted by atomic mass is 35.5. The normalized spacial score (nSPS) is 11.1. The van der Waals surface area contributed by atoms with Gasteiger partial charge in [-0.25, -0.2) is 18.4 Å². The average molecular weight is 315 g/mol. The third-order valence-corrected chi connectivity index (χ3v) is 3.81. The van der Waals surface area contributed by atoms with E-state index >= 15 is 0 Å². The molecular formula is C10H7ClN4O4S. The first kappa shape index (κ1) is 14.2.